The molecule has 3 N–H and O–H groups in total. The highest BCUT2D eigenvalue weighted by atomic mass is 19.1. The molecule has 1 aliphatic heterocycles. The number of rotatable bonds is 5. The predicted molar refractivity (Wildman–Crippen MR) is 110 cm³/mol. The predicted octanol–water partition coefficient (Wildman–Crippen LogP) is 3.76. The number of aromatic nitrogens is 2. The Morgan fingerprint density at radius 3 is 2.84 bits per heavy atom. The van der Waals surface area contributed by atoms with Gasteiger partial charge in [0.15, 0.2) is 0 Å². The van der Waals surface area contributed by atoms with Crippen LogP contribution in [0.25, 0.3) is 10.9 Å². The molecule has 0 saturated carbocycles. The third-order valence-electron chi connectivity index (χ3n) is 5.35. The Morgan fingerprint density at radius 2 is 2.06 bits per heavy atom. The number of carbonyl (C=O) groups is 2. The number of hydrogen-bond acceptors (Lipinski definition) is 4. The zero-order valence-corrected chi connectivity index (χ0v) is 16.9. The van der Waals surface area contributed by atoms with E-state index in [1.807, 2.05) is 0 Å². The van der Waals surface area contributed by atoms with E-state index in [4.69, 9.17) is 4.74 Å². The van der Waals surface area contributed by atoms with Crippen LogP contribution >= 0.6 is 0 Å². The molecule has 160 valence electrons. The van der Waals surface area contributed by atoms with E-state index < -0.39 is 23.5 Å². The van der Waals surface area contributed by atoms with Crippen LogP contribution in [0, 0.1) is 11.6 Å². The van der Waals surface area contributed by atoms with Crippen LogP contribution < -0.4 is 15.4 Å². The molecule has 2 heterocycles. The van der Waals surface area contributed by atoms with Crippen molar-refractivity contribution in [2.24, 2.45) is 0 Å². The first-order valence-electron chi connectivity index (χ1n) is 9.61. The van der Waals surface area contributed by atoms with Crippen molar-refractivity contribution in [2.45, 2.75) is 25.7 Å². The Morgan fingerprint density at radius 1 is 1.26 bits per heavy atom. The van der Waals surface area contributed by atoms with Gasteiger partial charge in [0.05, 0.1) is 30.9 Å². The van der Waals surface area contributed by atoms with E-state index in [-0.39, 0.29) is 30.0 Å². The Hall–Kier alpha value is -3.75. The molecule has 1 aliphatic rings. The maximum atomic E-state index is 14.6. The first-order chi connectivity index (χ1) is 14.9. The third-order valence-corrected chi connectivity index (χ3v) is 5.35. The van der Waals surface area contributed by atoms with Gasteiger partial charge in [0.1, 0.15) is 17.4 Å². The van der Waals surface area contributed by atoms with Crippen molar-refractivity contribution in [3.05, 3.63) is 65.0 Å². The molecule has 0 bridgehead atoms. The Labute approximate surface area is 176 Å². The lowest BCUT2D eigenvalue weighted by Crippen LogP contribution is -2.32. The summed E-state index contributed by atoms with van der Waals surface area (Å²) in [5, 5.41) is 12.4. The van der Waals surface area contributed by atoms with Crippen molar-refractivity contribution in [2.75, 3.05) is 12.4 Å². The normalized spacial score (nSPS) is 16.4. The summed E-state index contributed by atoms with van der Waals surface area (Å²) >= 11 is 0. The number of benzene rings is 2. The van der Waals surface area contributed by atoms with Gasteiger partial charge >= 0.3 is 0 Å². The van der Waals surface area contributed by atoms with Crippen LogP contribution in [-0.2, 0) is 9.59 Å². The standard InChI is InChI=1S/C22H20F2N4O3/c1-11-14(7-22(30)27-20-5-12-10-25-28-19(12)9-18(20)24)15(8-21(29)26-11)16-6-13(31-2)3-4-17(16)23/h3-6,9-10,15H,7-8H2,1-2H3,(H,25,28)(H,26,29)(H,27,30). The van der Waals surface area contributed by atoms with Crippen LogP contribution in [0.4, 0.5) is 14.5 Å². The number of methoxy groups -OCH3 is 1. The van der Waals surface area contributed by atoms with E-state index in [9.17, 15) is 18.4 Å². The largest absolute Gasteiger partial charge is 0.497 e. The molecule has 3 aromatic rings. The highest BCUT2D eigenvalue weighted by Crippen LogP contribution is 2.37. The number of allylic oxidation sites excluding steroid dienone is 1. The molecular weight excluding hydrogens is 406 g/mol. The third kappa shape index (κ3) is 4.11. The van der Waals surface area contributed by atoms with Gasteiger partial charge in [-0.05, 0) is 42.3 Å². The second kappa shape index (κ2) is 8.17. The van der Waals surface area contributed by atoms with Crippen LogP contribution in [0.15, 0.2) is 47.8 Å². The Bertz CT molecular complexity index is 1220. The molecule has 0 fully saturated rings. The van der Waals surface area contributed by atoms with Gasteiger partial charge in [-0.3, -0.25) is 14.7 Å². The number of H-pyrrole nitrogens is 1. The van der Waals surface area contributed by atoms with Gasteiger partial charge < -0.3 is 15.4 Å². The Kier molecular flexibility index (Phi) is 5.41. The number of nitrogens with one attached hydrogen (secondary N) is 3. The second-order valence-corrected chi connectivity index (χ2v) is 7.36. The molecule has 0 spiro atoms. The molecular formula is C22H20F2N4O3. The van der Waals surface area contributed by atoms with E-state index in [1.165, 1.54) is 43.6 Å². The van der Waals surface area contributed by atoms with Gasteiger partial charge in [-0.25, -0.2) is 8.78 Å². The van der Waals surface area contributed by atoms with Gasteiger partial charge in [-0.2, -0.15) is 5.10 Å². The van der Waals surface area contributed by atoms with Crippen molar-refractivity contribution in [1.82, 2.24) is 15.5 Å². The lowest BCUT2D eigenvalue weighted by Gasteiger charge is -2.28. The number of halogens is 2. The van der Waals surface area contributed by atoms with E-state index in [2.05, 4.69) is 20.8 Å². The fraction of sp³-hybridized carbons (Fsp3) is 0.227. The number of ether oxygens (including phenoxy) is 1. The van der Waals surface area contributed by atoms with Crippen molar-refractivity contribution in [3.63, 3.8) is 0 Å². The summed E-state index contributed by atoms with van der Waals surface area (Å²) in [7, 11) is 1.46. The quantitative estimate of drug-likeness (QED) is 0.579. The number of nitrogens with zero attached hydrogens (tertiary/aromatic N) is 1. The molecule has 9 heteroatoms. The van der Waals surface area contributed by atoms with Gasteiger partial charge in [0, 0.05) is 29.5 Å². The highest BCUT2D eigenvalue weighted by Gasteiger charge is 2.31. The van der Waals surface area contributed by atoms with Gasteiger partial charge in [-0.15, -0.1) is 0 Å². The molecule has 2 aromatic carbocycles. The van der Waals surface area contributed by atoms with Crippen LogP contribution in [0.3, 0.4) is 0 Å². The average molecular weight is 426 g/mol. The van der Waals surface area contributed by atoms with Crippen molar-refractivity contribution in [3.8, 4) is 5.75 Å². The minimum atomic E-state index is -0.643. The van der Waals surface area contributed by atoms with Crippen LogP contribution in [0.1, 0.15) is 31.2 Å². The molecule has 31 heavy (non-hydrogen) atoms. The fourth-order valence-corrected chi connectivity index (χ4v) is 3.81. The van der Waals surface area contributed by atoms with Crippen LogP contribution in [0.5, 0.6) is 5.75 Å². The number of fused-ring (bicyclic) bond motifs is 1. The van der Waals surface area contributed by atoms with E-state index >= 15 is 0 Å². The summed E-state index contributed by atoms with van der Waals surface area (Å²) < 4.78 is 34.1. The lowest BCUT2D eigenvalue weighted by atomic mass is 9.82. The lowest BCUT2D eigenvalue weighted by molar-refractivity contribution is -0.121. The molecule has 1 atom stereocenters. The molecule has 0 radical (unpaired) electrons. The second-order valence-electron chi connectivity index (χ2n) is 7.36. The smallest absolute Gasteiger partial charge is 0.228 e. The monoisotopic (exact) mass is 426 g/mol. The SMILES string of the molecule is COc1ccc(F)c(C2CC(=O)NC(C)=C2CC(=O)Nc2cc3cn[nH]c3cc2F)c1. The summed E-state index contributed by atoms with van der Waals surface area (Å²) in [6, 6.07) is 7.01. The zero-order valence-electron chi connectivity index (χ0n) is 16.9. The van der Waals surface area contributed by atoms with Crippen LogP contribution in [-0.4, -0.2) is 29.1 Å². The Balaban J connectivity index is 1.62. The van der Waals surface area contributed by atoms with Gasteiger partial charge in [0.25, 0.3) is 0 Å². The molecule has 1 aromatic heterocycles. The van der Waals surface area contributed by atoms with E-state index in [0.29, 0.717) is 27.9 Å². The van der Waals surface area contributed by atoms with Crippen molar-refractivity contribution in [1.29, 1.82) is 0 Å². The zero-order chi connectivity index (χ0) is 22.1. The number of anilines is 1. The molecule has 4 rings (SSSR count). The minimum absolute atomic E-state index is 0.0145. The number of aromatic amines is 1. The first-order valence-corrected chi connectivity index (χ1v) is 9.61. The fourth-order valence-electron chi connectivity index (χ4n) is 3.81. The maximum absolute atomic E-state index is 14.6. The molecule has 0 aliphatic carbocycles. The summed E-state index contributed by atoms with van der Waals surface area (Å²) in [4.78, 5) is 24.9. The van der Waals surface area contributed by atoms with E-state index in [1.54, 1.807) is 6.92 Å². The summed E-state index contributed by atoms with van der Waals surface area (Å²) in [5.74, 6) is -2.06. The molecule has 7 nitrogen and oxygen atoms in total. The summed E-state index contributed by atoms with van der Waals surface area (Å²) in [5.41, 5.74) is 1.82. The first kappa shape index (κ1) is 20.5. The minimum Gasteiger partial charge on any atom is -0.497 e. The maximum Gasteiger partial charge on any atom is 0.228 e. The van der Waals surface area contributed by atoms with Crippen molar-refractivity contribution >= 4 is 28.4 Å². The number of amides is 2. The topological polar surface area (TPSA) is 96.1 Å². The van der Waals surface area contributed by atoms with Gasteiger partial charge in [-0.1, -0.05) is 0 Å². The molecule has 2 amide bonds. The summed E-state index contributed by atoms with van der Waals surface area (Å²) in [6.45, 7) is 1.66. The summed E-state index contributed by atoms with van der Waals surface area (Å²) in [6.07, 6.45) is 1.37. The number of carbonyl (C=O) groups excluding carboxylic acids is 2. The van der Waals surface area contributed by atoms with Crippen molar-refractivity contribution < 1.29 is 23.1 Å². The average Bonchev–Trinajstić information content (AvgIpc) is 3.17. The van der Waals surface area contributed by atoms with Gasteiger partial charge in [0.2, 0.25) is 11.8 Å². The van der Waals surface area contributed by atoms with Crippen LogP contribution in [0.2, 0.25) is 0 Å². The molecule has 1 unspecified atom stereocenters. The molecule has 0 saturated heterocycles. The number of hydrogen-bond donors (Lipinski definition) is 3. The highest BCUT2D eigenvalue weighted by molar-refractivity contribution is 5.95. The van der Waals surface area contributed by atoms with E-state index in [0.717, 1.165) is 0 Å².